The van der Waals surface area contributed by atoms with Crippen molar-refractivity contribution >= 4 is 34.6 Å². The number of thiazole rings is 1. The summed E-state index contributed by atoms with van der Waals surface area (Å²) in [4.78, 5) is 24.3. The number of hydrogen-bond donors (Lipinski definition) is 1. The number of hydrogen-bond acceptors (Lipinski definition) is 11. The number of oxazole rings is 1. The molecule has 1 saturated heterocycles. The van der Waals surface area contributed by atoms with E-state index in [0.717, 1.165) is 45.6 Å². The van der Waals surface area contributed by atoms with Crippen molar-refractivity contribution in [3.8, 4) is 34.5 Å². The SMILES string of the molecule is COc1cc(COc2nn(-c3ccccc3)cc2/C=C/c2nc(N3CCOCC3)sc2C)ccc1OCc1nc(-c2cccc(C(=O)O)c2)oc1C. The van der Waals surface area contributed by atoms with Gasteiger partial charge in [0.1, 0.15) is 24.7 Å². The maximum absolute atomic E-state index is 11.4. The van der Waals surface area contributed by atoms with Gasteiger partial charge in [0.05, 0.1) is 42.8 Å². The Morgan fingerprint density at radius 1 is 0.942 bits per heavy atom. The van der Waals surface area contributed by atoms with Gasteiger partial charge in [-0.25, -0.2) is 19.4 Å². The van der Waals surface area contributed by atoms with Gasteiger partial charge in [-0.3, -0.25) is 0 Å². The summed E-state index contributed by atoms with van der Waals surface area (Å²) in [7, 11) is 1.58. The van der Waals surface area contributed by atoms with Crippen LogP contribution in [0.5, 0.6) is 17.4 Å². The molecule has 52 heavy (non-hydrogen) atoms. The molecule has 0 saturated carbocycles. The lowest BCUT2D eigenvalue weighted by Gasteiger charge is -2.25. The van der Waals surface area contributed by atoms with Crippen LogP contribution in [0.4, 0.5) is 5.13 Å². The highest BCUT2D eigenvalue weighted by molar-refractivity contribution is 7.15. The van der Waals surface area contributed by atoms with Crippen LogP contribution >= 0.6 is 11.3 Å². The van der Waals surface area contributed by atoms with Crippen LogP contribution in [0, 0.1) is 13.8 Å². The second-order valence-electron chi connectivity index (χ2n) is 12.0. The van der Waals surface area contributed by atoms with Gasteiger partial charge in [-0.2, -0.15) is 0 Å². The third-order valence-corrected chi connectivity index (χ3v) is 9.52. The number of carbonyl (C=O) groups is 1. The average molecular weight is 720 g/mol. The highest BCUT2D eigenvalue weighted by Gasteiger charge is 2.18. The first-order valence-corrected chi connectivity index (χ1v) is 17.5. The number of carboxylic acid groups (broad SMARTS) is 1. The van der Waals surface area contributed by atoms with Crippen LogP contribution in [-0.4, -0.2) is 64.2 Å². The van der Waals surface area contributed by atoms with Gasteiger partial charge < -0.3 is 33.4 Å². The van der Waals surface area contributed by atoms with Crippen molar-refractivity contribution in [2.45, 2.75) is 27.1 Å². The van der Waals surface area contributed by atoms with Crippen LogP contribution in [0.2, 0.25) is 0 Å². The van der Waals surface area contributed by atoms with E-state index in [-0.39, 0.29) is 18.8 Å². The molecule has 0 unspecified atom stereocenters. The van der Waals surface area contributed by atoms with E-state index < -0.39 is 5.97 Å². The highest BCUT2D eigenvalue weighted by Crippen LogP contribution is 2.32. The summed E-state index contributed by atoms with van der Waals surface area (Å²) in [5.41, 5.74) is 4.81. The van der Waals surface area contributed by atoms with Crippen molar-refractivity contribution in [3.05, 3.63) is 118 Å². The van der Waals surface area contributed by atoms with E-state index in [1.54, 1.807) is 42.2 Å². The molecule has 1 fully saturated rings. The first-order valence-electron chi connectivity index (χ1n) is 16.7. The Balaban J connectivity index is 1.06. The Hall–Kier alpha value is -5.92. The van der Waals surface area contributed by atoms with Crippen molar-refractivity contribution in [3.63, 3.8) is 0 Å². The number of methoxy groups -OCH3 is 1. The van der Waals surface area contributed by atoms with Crippen molar-refractivity contribution in [1.29, 1.82) is 0 Å². The average Bonchev–Trinajstić information content (AvgIpc) is 3.89. The lowest BCUT2D eigenvalue weighted by Crippen LogP contribution is -2.36. The van der Waals surface area contributed by atoms with Crippen LogP contribution in [0.3, 0.4) is 0 Å². The lowest BCUT2D eigenvalue weighted by atomic mass is 10.1. The summed E-state index contributed by atoms with van der Waals surface area (Å²) >= 11 is 1.69. The lowest BCUT2D eigenvalue weighted by molar-refractivity contribution is 0.0697. The molecule has 6 aromatic rings. The summed E-state index contributed by atoms with van der Waals surface area (Å²) in [6.07, 6.45) is 5.95. The molecule has 1 N–H and O–H groups in total. The Morgan fingerprint density at radius 2 is 1.77 bits per heavy atom. The second kappa shape index (κ2) is 15.5. The van der Waals surface area contributed by atoms with Crippen LogP contribution in [0.15, 0.2) is 83.4 Å². The fraction of sp³-hybridized carbons (Fsp3) is 0.231. The first-order chi connectivity index (χ1) is 25.3. The number of rotatable bonds is 13. The summed E-state index contributed by atoms with van der Waals surface area (Å²) < 4.78 is 31.2. The number of anilines is 1. The number of para-hydroxylation sites is 1. The van der Waals surface area contributed by atoms with E-state index in [0.29, 0.717) is 53.5 Å². The third-order valence-electron chi connectivity index (χ3n) is 8.47. The largest absolute Gasteiger partial charge is 0.493 e. The van der Waals surface area contributed by atoms with Gasteiger partial charge in [-0.05, 0) is 74.0 Å². The molecule has 3 aromatic carbocycles. The number of nitrogens with zero attached hydrogens (tertiary/aromatic N) is 5. The van der Waals surface area contributed by atoms with E-state index >= 15 is 0 Å². The van der Waals surface area contributed by atoms with E-state index in [1.807, 2.05) is 66.9 Å². The number of aryl methyl sites for hydroxylation is 2. The molecule has 0 amide bonds. The minimum absolute atomic E-state index is 0.124. The second-order valence-corrected chi connectivity index (χ2v) is 13.2. The monoisotopic (exact) mass is 719 g/mol. The number of aromatic nitrogens is 4. The minimum Gasteiger partial charge on any atom is -0.493 e. The van der Waals surface area contributed by atoms with Crippen molar-refractivity contribution < 1.29 is 33.3 Å². The summed E-state index contributed by atoms with van der Waals surface area (Å²) in [5, 5.41) is 15.1. The number of benzene rings is 3. The number of ether oxygens (including phenoxy) is 4. The van der Waals surface area contributed by atoms with Gasteiger partial charge >= 0.3 is 5.97 Å². The zero-order chi connectivity index (χ0) is 36.0. The van der Waals surface area contributed by atoms with Gasteiger partial charge in [0, 0.05) is 29.7 Å². The molecule has 0 radical (unpaired) electrons. The molecule has 4 heterocycles. The maximum atomic E-state index is 11.4. The van der Waals surface area contributed by atoms with Gasteiger partial charge in [0.25, 0.3) is 0 Å². The van der Waals surface area contributed by atoms with Crippen LogP contribution in [0.25, 0.3) is 29.3 Å². The van der Waals surface area contributed by atoms with Crippen LogP contribution in [0.1, 0.15) is 43.5 Å². The molecule has 12 nitrogen and oxygen atoms in total. The number of aromatic carboxylic acids is 1. The molecular formula is C39H37N5O7S. The molecular weight excluding hydrogens is 683 g/mol. The topological polar surface area (TPSA) is 134 Å². The molecule has 0 aliphatic carbocycles. The summed E-state index contributed by atoms with van der Waals surface area (Å²) in [6, 6.07) is 21.9. The fourth-order valence-electron chi connectivity index (χ4n) is 5.61. The van der Waals surface area contributed by atoms with Gasteiger partial charge in [0.15, 0.2) is 16.6 Å². The highest BCUT2D eigenvalue weighted by atomic mass is 32.1. The molecule has 0 atom stereocenters. The Morgan fingerprint density at radius 3 is 2.56 bits per heavy atom. The quantitative estimate of drug-likeness (QED) is 0.127. The van der Waals surface area contributed by atoms with Gasteiger partial charge in [0.2, 0.25) is 11.8 Å². The predicted octanol–water partition coefficient (Wildman–Crippen LogP) is 7.47. The smallest absolute Gasteiger partial charge is 0.335 e. The zero-order valence-electron chi connectivity index (χ0n) is 28.9. The molecule has 7 rings (SSSR count). The van der Waals surface area contributed by atoms with Crippen LogP contribution < -0.4 is 19.1 Å². The predicted molar refractivity (Wildman–Crippen MR) is 198 cm³/mol. The standard InChI is InChI=1S/C39H37N5O7S/c1-25-33(40-36(51-25)28-8-7-9-29(21-28)38(45)46)24-49-34-15-12-27(20-35(34)47-3)23-50-37-30(22-44(42-37)31-10-5-4-6-11-31)13-14-32-26(2)52-39(41-32)43-16-18-48-19-17-43/h4-15,20-22H,16-19,23-24H2,1-3H3,(H,45,46)/b14-13+. The Kier molecular flexibility index (Phi) is 10.3. The fourth-order valence-corrected chi connectivity index (χ4v) is 6.56. The molecule has 0 spiro atoms. The molecule has 1 aliphatic heterocycles. The number of morpholine rings is 1. The molecule has 13 heteroatoms. The van der Waals surface area contributed by atoms with E-state index in [9.17, 15) is 9.90 Å². The van der Waals surface area contributed by atoms with Gasteiger partial charge in [-0.1, -0.05) is 30.3 Å². The van der Waals surface area contributed by atoms with Crippen LogP contribution in [-0.2, 0) is 18.0 Å². The Labute approximate surface area is 304 Å². The van der Waals surface area contributed by atoms with E-state index in [1.165, 1.54) is 12.1 Å². The molecule has 266 valence electrons. The molecule has 3 aromatic heterocycles. The maximum Gasteiger partial charge on any atom is 0.335 e. The van der Waals surface area contributed by atoms with E-state index in [2.05, 4.69) is 16.8 Å². The van der Waals surface area contributed by atoms with Crippen molar-refractivity contribution in [2.24, 2.45) is 0 Å². The summed E-state index contributed by atoms with van der Waals surface area (Å²) in [5.74, 6) is 1.40. The minimum atomic E-state index is -1.02. The Bertz CT molecular complexity index is 2200. The molecule has 1 aliphatic rings. The van der Waals surface area contributed by atoms with Crippen molar-refractivity contribution in [1.82, 2.24) is 19.7 Å². The van der Waals surface area contributed by atoms with E-state index in [4.69, 9.17) is 33.4 Å². The molecule has 0 bridgehead atoms. The zero-order valence-corrected chi connectivity index (χ0v) is 29.8. The summed E-state index contributed by atoms with van der Waals surface area (Å²) in [6.45, 7) is 7.33. The third kappa shape index (κ3) is 7.85. The van der Waals surface area contributed by atoms with Gasteiger partial charge in [-0.15, -0.1) is 16.4 Å². The normalized spacial score (nSPS) is 13.1. The number of carboxylic acids is 1. The first kappa shape index (κ1) is 34.5. The van der Waals surface area contributed by atoms with Crippen molar-refractivity contribution in [2.75, 3.05) is 38.3 Å².